The van der Waals surface area contributed by atoms with Gasteiger partial charge in [-0.15, -0.1) is 6.58 Å². The van der Waals surface area contributed by atoms with Crippen LogP contribution in [0, 0.1) is 23.6 Å². The summed E-state index contributed by atoms with van der Waals surface area (Å²) in [6, 6.07) is 20.7. The maximum atomic E-state index is 15.2. The van der Waals surface area contributed by atoms with E-state index in [1.165, 1.54) is 95.6 Å². The number of halogens is 1. The summed E-state index contributed by atoms with van der Waals surface area (Å²) in [4.78, 5) is 36.7. The summed E-state index contributed by atoms with van der Waals surface area (Å²) < 4.78 is 41.6. The third-order valence-corrected chi connectivity index (χ3v) is 16.5. The number of hydrogen-bond donors (Lipinski definition) is 3. The first-order valence-electron chi connectivity index (χ1n) is 31.1. The molecule has 0 radical (unpaired) electrons. The van der Waals surface area contributed by atoms with Crippen LogP contribution in [0.4, 0.5) is 14.0 Å². The van der Waals surface area contributed by atoms with E-state index in [1.54, 1.807) is 29.2 Å². The van der Waals surface area contributed by atoms with E-state index >= 15 is 4.79 Å². The van der Waals surface area contributed by atoms with Gasteiger partial charge >= 0.3 is 12.2 Å². The zero-order valence-electron chi connectivity index (χ0n) is 48.7. The van der Waals surface area contributed by atoms with E-state index in [4.69, 9.17) is 28.9 Å². The van der Waals surface area contributed by atoms with Gasteiger partial charge in [-0.25, -0.2) is 14.0 Å². The number of hydrogen-bond acceptors (Lipinski definition) is 10. The second-order valence-corrected chi connectivity index (χ2v) is 22.6. The number of amides is 2. The Morgan fingerprint density at radius 3 is 2.02 bits per heavy atom. The highest BCUT2D eigenvalue weighted by molar-refractivity contribution is 6.03. The van der Waals surface area contributed by atoms with E-state index in [0.717, 1.165) is 80.9 Å². The van der Waals surface area contributed by atoms with Crippen molar-refractivity contribution in [2.75, 3.05) is 33.0 Å². The van der Waals surface area contributed by atoms with Gasteiger partial charge in [-0.1, -0.05) is 202 Å². The molecule has 6 atom stereocenters. The Morgan fingerprint density at radius 2 is 1.39 bits per heavy atom. The molecule has 0 saturated heterocycles. The number of ether oxygens (including phenoxy) is 4. The summed E-state index contributed by atoms with van der Waals surface area (Å²) in [5.41, 5.74) is 3.98. The first kappa shape index (κ1) is 63.9. The molecule has 3 N–H and O–H groups in total. The lowest BCUT2D eigenvalue weighted by molar-refractivity contribution is -0.256. The summed E-state index contributed by atoms with van der Waals surface area (Å²) >= 11 is 0. The Balaban J connectivity index is 1.38. The zero-order valence-corrected chi connectivity index (χ0v) is 48.7. The molecule has 0 spiro atoms. The van der Waals surface area contributed by atoms with Crippen LogP contribution in [0.1, 0.15) is 210 Å². The van der Waals surface area contributed by atoms with Crippen molar-refractivity contribution in [1.29, 1.82) is 0 Å². The van der Waals surface area contributed by atoms with Gasteiger partial charge < -0.3 is 39.3 Å². The molecule has 0 unspecified atom stereocenters. The third kappa shape index (κ3) is 19.7. The summed E-state index contributed by atoms with van der Waals surface area (Å²) in [5.74, 6) is -2.07. The molecule has 1 saturated carbocycles. The average molecular weight is 1110 g/mol. The number of carbonyl (C=O) groups excluding carboxylic acids is 2. The molecule has 1 heterocycles. The number of oxime groups is 1. The van der Waals surface area contributed by atoms with Crippen molar-refractivity contribution in [3.63, 3.8) is 0 Å². The predicted molar refractivity (Wildman–Crippen MR) is 317 cm³/mol. The molecule has 12 nitrogen and oxygen atoms in total. The molecule has 3 aromatic carbocycles. The molecule has 0 bridgehead atoms. The highest BCUT2D eigenvalue weighted by Crippen LogP contribution is 2.62. The van der Waals surface area contributed by atoms with Crippen molar-refractivity contribution in [2.24, 2.45) is 22.9 Å². The maximum absolute atomic E-state index is 15.2. The Labute approximate surface area is 479 Å². The van der Waals surface area contributed by atoms with Gasteiger partial charge in [0.05, 0.1) is 24.8 Å². The van der Waals surface area contributed by atoms with Gasteiger partial charge in [0.1, 0.15) is 30.0 Å². The fraction of sp³-hybridized carbons (Fsp3) is 0.627. The minimum atomic E-state index is -1.56. The van der Waals surface area contributed by atoms with Crippen LogP contribution in [0.2, 0.25) is 0 Å². The van der Waals surface area contributed by atoms with Crippen molar-refractivity contribution in [1.82, 2.24) is 10.2 Å². The number of fused-ring (bicyclic) bond motifs is 2. The van der Waals surface area contributed by atoms with E-state index in [0.29, 0.717) is 48.6 Å². The van der Waals surface area contributed by atoms with Crippen molar-refractivity contribution < 1.29 is 48.0 Å². The van der Waals surface area contributed by atoms with Crippen LogP contribution in [-0.4, -0.2) is 77.8 Å². The number of aliphatic hydroxyl groups excluding tert-OH is 2. The Morgan fingerprint density at radius 1 is 0.762 bits per heavy atom. The van der Waals surface area contributed by atoms with E-state index < -0.39 is 29.9 Å². The summed E-state index contributed by atoms with van der Waals surface area (Å²) in [5, 5.41) is 28.2. The number of benzene rings is 3. The first-order chi connectivity index (χ1) is 39.3. The molecule has 0 aromatic heterocycles. The van der Waals surface area contributed by atoms with Crippen LogP contribution in [-0.2, 0) is 27.5 Å². The highest BCUT2D eigenvalue weighted by atomic mass is 19.1. The number of nitrogens with one attached hydrogen (secondary N) is 1. The van der Waals surface area contributed by atoms with Crippen molar-refractivity contribution in [2.45, 2.75) is 218 Å². The number of unbranched alkanes of at least 4 members (excludes halogenated alkanes) is 20. The second-order valence-electron chi connectivity index (χ2n) is 22.6. The lowest BCUT2D eigenvalue weighted by atomic mass is 9.55. The van der Waals surface area contributed by atoms with Gasteiger partial charge in [-0.2, -0.15) is 0 Å². The standard InChI is InChI=1S/C67H98FN3O9/c1-4-7-9-11-13-15-17-19-21-28-42-69-65(74)79-56-40-41-61-59(48-56)63-57(35-27-30-44-73)54(34-26-29-43-72)47-58-60(70-78-51-53-32-24-23-25-33-53)49-62(67(80-61,64(58)63)77-45-6-3)71(50-52-36-38-55(68)39-37-52)66(75)76-46-31-22-20-18-16-14-12-10-8-5-2/h6,23-25,32-33,36-41,47-48,54,57,62-64,72-73H,3-5,7-22,26-31,34-35,42-46,49-51H2,1-2H3,(H,69,74)/t54-,57+,62-,63+,64+,67+/m0/s1. The fourth-order valence-corrected chi connectivity index (χ4v) is 12.3. The molecule has 6 rings (SSSR count). The van der Waals surface area contributed by atoms with E-state index in [9.17, 15) is 19.4 Å². The summed E-state index contributed by atoms with van der Waals surface area (Å²) in [7, 11) is 0. The van der Waals surface area contributed by atoms with Gasteiger partial charge in [0.15, 0.2) is 0 Å². The number of rotatable bonds is 40. The molecule has 1 fully saturated rings. The monoisotopic (exact) mass is 1110 g/mol. The molecule has 13 heteroatoms. The Kier molecular flexibility index (Phi) is 29.0. The van der Waals surface area contributed by atoms with Crippen molar-refractivity contribution >= 4 is 17.9 Å². The minimum absolute atomic E-state index is 0.00862. The zero-order chi connectivity index (χ0) is 56.6. The van der Waals surface area contributed by atoms with E-state index in [-0.39, 0.29) is 69.6 Å². The molecule has 80 heavy (non-hydrogen) atoms. The summed E-state index contributed by atoms with van der Waals surface area (Å²) in [6.07, 6.45) is 30.8. The van der Waals surface area contributed by atoms with Gasteiger partial charge in [0.25, 0.3) is 0 Å². The van der Waals surface area contributed by atoms with Crippen molar-refractivity contribution in [3.05, 3.63) is 120 Å². The number of aliphatic hydroxyl groups is 2. The van der Waals surface area contributed by atoms with Gasteiger partial charge in [-0.3, -0.25) is 4.90 Å². The lowest BCUT2D eigenvalue weighted by Crippen LogP contribution is -2.70. The van der Waals surface area contributed by atoms with Crippen LogP contribution in [0.25, 0.3) is 0 Å². The normalized spacial score (nSPS) is 20.5. The van der Waals surface area contributed by atoms with Crippen LogP contribution in [0.3, 0.4) is 0 Å². The molecule has 442 valence electrons. The second kappa shape index (κ2) is 36.3. The van der Waals surface area contributed by atoms with Crippen LogP contribution >= 0.6 is 0 Å². The van der Waals surface area contributed by atoms with Gasteiger partial charge in [0, 0.05) is 44.2 Å². The third-order valence-electron chi connectivity index (χ3n) is 16.5. The largest absolute Gasteiger partial charge is 0.459 e. The Bertz CT molecular complexity index is 2310. The van der Waals surface area contributed by atoms with Gasteiger partial charge in [0.2, 0.25) is 5.79 Å². The van der Waals surface area contributed by atoms with E-state index in [2.05, 4.69) is 31.8 Å². The molecule has 2 amide bonds. The van der Waals surface area contributed by atoms with Crippen LogP contribution < -0.4 is 14.8 Å². The molecule has 2 aliphatic carbocycles. The molecule has 3 aromatic rings. The highest BCUT2D eigenvalue weighted by Gasteiger charge is 2.66. The SMILES string of the molecule is C=CCO[C@@]12Oc3ccc(OC(=O)NCCCCCCCCCCCC)cc3[C@H]3[C@H](CCCCO)[C@@H](CCCCO)C=C(C(=NOCc4ccccc4)C[C@@H]1N(Cc1ccc(F)cc1)C(=O)OCCCCCCCCCCCC)[C@H]32. The molecule has 1 aliphatic heterocycles. The van der Waals surface area contributed by atoms with Crippen molar-refractivity contribution in [3.8, 4) is 11.5 Å². The fourth-order valence-electron chi connectivity index (χ4n) is 12.3. The van der Waals surface area contributed by atoms with E-state index in [1.807, 2.05) is 42.5 Å². The number of nitrogens with zero attached hydrogens (tertiary/aromatic N) is 2. The maximum Gasteiger partial charge on any atom is 0.412 e. The smallest absolute Gasteiger partial charge is 0.412 e. The number of allylic oxidation sites excluding steroid dienone is 1. The molecular formula is C67H98FN3O9. The van der Waals surface area contributed by atoms with Crippen LogP contribution in [0.5, 0.6) is 11.5 Å². The predicted octanol–water partition coefficient (Wildman–Crippen LogP) is 16.2. The molecule has 3 aliphatic rings. The van der Waals surface area contributed by atoms with Gasteiger partial charge in [-0.05, 0) is 97.4 Å². The first-order valence-corrected chi connectivity index (χ1v) is 31.1. The quantitative estimate of drug-likeness (QED) is 0.0287. The molecular weight excluding hydrogens is 1010 g/mol. The minimum Gasteiger partial charge on any atom is -0.459 e. The van der Waals surface area contributed by atoms with Crippen LogP contribution in [0.15, 0.2) is 102 Å². The topological polar surface area (TPSA) is 148 Å². The lowest BCUT2D eigenvalue weighted by Gasteiger charge is -2.59. The Hall–Kier alpha value is -5.24. The average Bonchev–Trinajstić information content (AvgIpc) is 3.22. The summed E-state index contributed by atoms with van der Waals surface area (Å²) in [6.45, 7) is 9.76. The number of carbonyl (C=O) groups is 2.